The third-order valence-electron chi connectivity index (χ3n) is 1.64. The number of halogens is 1. The fourth-order valence-electron chi connectivity index (χ4n) is 0.957. The average Bonchev–Trinajstić information content (AvgIpc) is 2.52. The molecule has 0 aliphatic carbocycles. The van der Waals surface area contributed by atoms with Crippen LogP contribution in [0.15, 0.2) is 18.7 Å². The summed E-state index contributed by atoms with van der Waals surface area (Å²) >= 11 is -1.86. The molecule has 0 saturated carbocycles. The predicted molar refractivity (Wildman–Crippen MR) is 50.3 cm³/mol. The van der Waals surface area contributed by atoms with Crippen molar-refractivity contribution >= 4 is 27.8 Å². The zero-order chi connectivity index (χ0) is 8.10. The maximum absolute atomic E-state index is 6.26. The molecule has 0 bridgehead atoms. The van der Waals surface area contributed by atoms with Crippen molar-refractivity contribution in [2.75, 3.05) is 0 Å². The second kappa shape index (κ2) is 5.04. The molecular formula is C7H13ClN2Sn. The van der Waals surface area contributed by atoms with Gasteiger partial charge in [-0.1, -0.05) is 0 Å². The molecule has 0 spiro atoms. The van der Waals surface area contributed by atoms with E-state index in [4.69, 9.17) is 8.92 Å². The SMILES string of the molecule is CCC[CH2][SnH]([Cl])[n]1ccnc1. The van der Waals surface area contributed by atoms with Crippen molar-refractivity contribution in [2.24, 2.45) is 0 Å². The topological polar surface area (TPSA) is 17.8 Å². The molecule has 1 aromatic rings. The summed E-state index contributed by atoms with van der Waals surface area (Å²) in [4.78, 5) is 3.98. The summed E-state index contributed by atoms with van der Waals surface area (Å²) < 4.78 is 3.37. The molecule has 0 N–H and O–H groups in total. The van der Waals surface area contributed by atoms with E-state index in [1.165, 1.54) is 17.3 Å². The Hall–Kier alpha value is 0.299. The first-order valence-electron chi connectivity index (χ1n) is 3.96. The summed E-state index contributed by atoms with van der Waals surface area (Å²) in [6.07, 6.45) is 8.16. The molecule has 2 nitrogen and oxygen atoms in total. The van der Waals surface area contributed by atoms with E-state index in [9.17, 15) is 0 Å². The summed E-state index contributed by atoms with van der Waals surface area (Å²) in [5.74, 6) is 0. The van der Waals surface area contributed by atoms with Gasteiger partial charge in [0.05, 0.1) is 0 Å². The van der Waals surface area contributed by atoms with Crippen LogP contribution >= 0.6 is 8.92 Å². The molecule has 0 aliphatic rings. The van der Waals surface area contributed by atoms with Gasteiger partial charge in [0.25, 0.3) is 0 Å². The van der Waals surface area contributed by atoms with E-state index < -0.39 is 18.9 Å². The molecule has 1 heterocycles. The van der Waals surface area contributed by atoms with E-state index in [-0.39, 0.29) is 0 Å². The van der Waals surface area contributed by atoms with Crippen LogP contribution in [-0.2, 0) is 0 Å². The quantitative estimate of drug-likeness (QED) is 0.771. The van der Waals surface area contributed by atoms with Gasteiger partial charge in [0, 0.05) is 0 Å². The molecule has 0 radical (unpaired) electrons. The predicted octanol–water partition coefficient (Wildman–Crippen LogP) is 1.99. The number of rotatable bonds is 4. The zero-order valence-corrected chi connectivity index (χ0v) is 10.8. The molecule has 0 amide bonds. The van der Waals surface area contributed by atoms with Gasteiger partial charge in [-0.05, 0) is 0 Å². The van der Waals surface area contributed by atoms with Gasteiger partial charge in [-0.3, -0.25) is 0 Å². The number of imidazole rings is 1. The molecule has 0 aliphatic heterocycles. The summed E-state index contributed by atoms with van der Waals surface area (Å²) in [7, 11) is 6.26. The molecule has 1 aromatic heterocycles. The first-order valence-corrected chi connectivity index (χ1v) is 11.9. The summed E-state index contributed by atoms with van der Waals surface area (Å²) in [6, 6.07) is 0. The summed E-state index contributed by atoms with van der Waals surface area (Å²) in [6.45, 7) is 2.20. The normalized spacial score (nSPS) is 13.3. The molecule has 11 heavy (non-hydrogen) atoms. The third-order valence-corrected chi connectivity index (χ3v) is 9.86. The average molecular weight is 279 g/mol. The third kappa shape index (κ3) is 3.03. The second-order valence-electron chi connectivity index (χ2n) is 2.59. The molecule has 1 unspecified atom stereocenters. The van der Waals surface area contributed by atoms with E-state index in [0.717, 1.165) is 0 Å². The van der Waals surface area contributed by atoms with Crippen LogP contribution < -0.4 is 0 Å². The van der Waals surface area contributed by atoms with Gasteiger partial charge in [0.2, 0.25) is 0 Å². The van der Waals surface area contributed by atoms with Gasteiger partial charge in [-0.25, -0.2) is 0 Å². The van der Waals surface area contributed by atoms with E-state index in [0.29, 0.717) is 0 Å². The van der Waals surface area contributed by atoms with Crippen molar-refractivity contribution in [3.63, 3.8) is 0 Å². The Bertz CT molecular complexity index is 188. The van der Waals surface area contributed by atoms with Crippen LogP contribution in [-0.4, -0.2) is 26.7 Å². The Balaban J connectivity index is 2.36. The molecule has 1 atom stereocenters. The fraction of sp³-hybridized carbons (Fsp3) is 0.571. The Kier molecular flexibility index (Phi) is 4.30. The van der Waals surface area contributed by atoms with Crippen LogP contribution in [0.4, 0.5) is 0 Å². The number of hydrogen-bond acceptors (Lipinski definition) is 1. The molecule has 0 saturated heterocycles. The maximum atomic E-state index is 6.26. The monoisotopic (exact) mass is 280 g/mol. The van der Waals surface area contributed by atoms with Gasteiger partial charge in [0.1, 0.15) is 0 Å². The Labute approximate surface area is 78.4 Å². The van der Waals surface area contributed by atoms with Crippen LogP contribution in [0.1, 0.15) is 19.8 Å². The summed E-state index contributed by atoms with van der Waals surface area (Å²) in [5, 5.41) is 0. The van der Waals surface area contributed by atoms with Gasteiger partial charge in [0.15, 0.2) is 0 Å². The number of unbranched alkanes of at least 4 members (excludes halogenated alkanes) is 1. The second-order valence-corrected chi connectivity index (χ2v) is 11.8. The first-order chi connectivity index (χ1) is 5.34. The van der Waals surface area contributed by atoms with E-state index in [2.05, 4.69) is 14.7 Å². The number of hydrogen-bond donors (Lipinski definition) is 0. The van der Waals surface area contributed by atoms with E-state index in [1.807, 2.05) is 12.5 Å². The van der Waals surface area contributed by atoms with E-state index >= 15 is 0 Å². The molecular weight excluding hydrogens is 266 g/mol. The van der Waals surface area contributed by atoms with Crippen LogP contribution in [0.3, 0.4) is 0 Å². The summed E-state index contributed by atoms with van der Waals surface area (Å²) in [5.41, 5.74) is 0. The molecule has 0 fully saturated rings. The van der Waals surface area contributed by atoms with Gasteiger partial charge >= 0.3 is 78.5 Å². The fourth-order valence-corrected chi connectivity index (χ4v) is 7.13. The minimum atomic E-state index is -1.86. The van der Waals surface area contributed by atoms with Gasteiger partial charge in [-0.2, -0.15) is 0 Å². The van der Waals surface area contributed by atoms with Crippen LogP contribution in [0.25, 0.3) is 0 Å². The van der Waals surface area contributed by atoms with Crippen LogP contribution in [0.5, 0.6) is 0 Å². The number of aromatic nitrogens is 2. The van der Waals surface area contributed by atoms with Crippen LogP contribution in [0.2, 0.25) is 4.44 Å². The van der Waals surface area contributed by atoms with Crippen molar-refractivity contribution in [3.05, 3.63) is 18.7 Å². The Morgan fingerprint density at radius 2 is 2.45 bits per heavy atom. The molecule has 4 heteroatoms. The molecule has 0 aromatic carbocycles. The van der Waals surface area contributed by atoms with Crippen molar-refractivity contribution in [1.29, 1.82) is 0 Å². The van der Waals surface area contributed by atoms with Gasteiger partial charge in [-0.15, -0.1) is 0 Å². The Morgan fingerprint density at radius 3 is 3.00 bits per heavy atom. The van der Waals surface area contributed by atoms with Crippen molar-refractivity contribution in [3.8, 4) is 0 Å². The van der Waals surface area contributed by atoms with Gasteiger partial charge < -0.3 is 0 Å². The van der Waals surface area contributed by atoms with E-state index in [1.54, 1.807) is 6.20 Å². The Morgan fingerprint density at radius 1 is 1.64 bits per heavy atom. The molecule has 1 rings (SSSR count). The van der Waals surface area contributed by atoms with Crippen molar-refractivity contribution in [2.45, 2.75) is 24.2 Å². The zero-order valence-electron chi connectivity index (χ0n) is 6.70. The van der Waals surface area contributed by atoms with Crippen LogP contribution in [0, 0.1) is 0 Å². The van der Waals surface area contributed by atoms with Crippen molar-refractivity contribution < 1.29 is 0 Å². The number of nitrogens with zero attached hydrogens (tertiary/aromatic N) is 2. The first kappa shape index (κ1) is 9.39. The van der Waals surface area contributed by atoms with Crippen molar-refractivity contribution in [1.82, 2.24) is 7.77 Å². The molecule has 62 valence electrons. The standard InChI is InChI=1S/C4H9.C3H3N2.ClH.Sn.H/c1-3-4-2;1-2-5-3-4-1;;;/h1,3-4H2,2H3;1-3H;1H;;/q;-1;;+2;/p-1. The minimum absolute atomic E-state index is 1.23.